The Labute approximate surface area is 109 Å². The Morgan fingerprint density at radius 3 is 2.71 bits per heavy atom. The van der Waals surface area contributed by atoms with Gasteiger partial charge in [0.2, 0.25) is 0 Å². The van der Waals surface area contributed by atoms with E-state index in [0.29, 0.717) is 12.2 Å². The van der Waals surface area contributed by atoms with Crippen molar-refractivity contribution in [1.29, 1.82) is 0 Å². The van der Waals surface area contributed by atoms with Gasteiger partial charge >= 0.3 is 5.97 Å². The van der Waals surface area contributed by atoms with Crippen LogP contribution in [0.5, 0.6) is 5.75 Å². The van der Waals surface area contributed by atoms with Crippen molar-refractivity contribution in [1.82, 2.24) is 0 Å². The summed E-state index contributed by atoms with van der Waals surface area (Å²) in [5, 5.41) is 8.98. The average molecular weight is 270 g/mol. The maximum absolute atomic E-state index is 10.9. The molecule has 0 saturated heterocycles. The van der Waals surface area contributed by atoms with Gasteiger partial charge in [0.25, 0.3) is 0 Å². The second kappa shape index (κ2) is 4.82. The molecule has 0 fully saturated rings. The molecule has 1 aliphatic heterocycles. The molecule has 3 nitrogen and oxygen atoms in total. The number of thioether (sulfide) groups is 2. The lowest BCUT2D eigenvalue weighted by molar-refractivity contribution is 0.0696. The number of hydrogen-bond acceptors (Lipinski definition) is 4. The molecular weight excluding hydrogens is 256 g/mol. The van der Waals surface area contributed by atoms with Crippen LogP contribution in [0.25, 0.3) is 0 Å². The smallest absolute Gasteiger partial charge is 0.335 e. The first-order valence-electron chi connectivity index (χ1n) is 5.19. The highest BCUT2D eigenvalue weighted by Crippen LogP contribution is 2.43. The molecule has 0 aromatic heterocycles. The summed E-state index contributed by atoms with van der Waals surface area (Å²) in [5.41, 5.74) is 1.31. The predicted molar refractivity (Wildman–Crippen MR) is 72.4 cm³/mol. The molecule has 17 heavy (non-hydrogen) atoms. The summed E-state index contributed by atoms with van der Waals surface area (Å²) in [6, 6.07) is 5.06. The number of rotatable bonds is 3. The third-order valence-corrected chi connectivity index (χ3v) is 5.97. The van der Waals surface area contributed by atoms with E-state index in [1.165, 1.54) is 0 Å². The van der Waals surface area contributed by atoms with Crippen molar-refractivity contribution in [3.8, 4) is 5.75 Å². The first kappa shape index (κ1) is 12.6. The van der Waals surface area contributed by atoms with Gasteiger partial charge in [0.15, 0.2) is 0 Å². The van der Waals surface area contributed by atoms with E-state index in [4.69, 9.17) is 9.84 Å². The van der Waals surface area contributed by atoms with Crippen LogP contribution in [0.2, 0.25) is 0 Å². The molecule has 1 N–H and O–H groups in total. The Morgan fingerprint density at radius 1 is 1.41 bits per heavy atom. The maximum atomic E-state index is 10.9. The van der Waals surface area contributed by atoms with E-state index >= 15 is 0 Å². The van der Waals surface area contributed by atoms with Crippen LogP contribution < -0.4 is 4.74 Å². The number of benzene rings is 1. The number of carboxylic acids is 1. The largest absolute Gasteiger partial charge is 0.491 e. The Kier molecular flexibility index (Phi) is 3.58. The molecule has 5 heteroatoms. The number of aromatic carboxylic acids is 1. The van der Waals surface area contributed by atoms with Gasteiger partial charge in [0.05, 0.1) is 9.64 Å². The van der Waals surface area contributed by atoms with Crippen LogP contribution >= 0.6 is 23.5 Å². The lowest BCUT2D eigenvalue weighted by Crippen LogP contribution is -2.35. The van der Waals surface area contributed by atoms with Crippen LogP contribution in [0.15, 0.2) is 18.2 Å². The van der Waals surface area contributed by atoms with Crippen molar-refractivity contribution in [2.45, 2.75) is 10.5 Å². The predicted octanol–water partition coefficient (Wildman–Crippen LogP) is 2.74. The summed E-state index contributed by atoms with van der Waals surface area (Å²) in [6.07, 6.45) is 4.96. The summed E-state index contributed by atoms with van der Waals surface area (Å²) in [7, 11) is 0. The van der Waals surface area contributed by atoms with Crippen LogP contribution in [-0.4, -0.2) is 34.3 Å². The fourth-order valence-corrected chi connectivity index (χ4v) is 3.49. The Hall–Kier alpha value is -0.810. The van der Waals surface area contributed by atoms with E-state index in [9.17, 15) is 4.79 Å². The first-order chi connectivity index (χ1) is 8.10. The highest BCUT2D eigenvalue weighted by atomic mass is 32.2. The first-order valence-corrected chi connectivity index (χ1v) is 7.64. The number of carbonyl (C=O) groups is 1. The summed E-state index contributed by atoms with van der Waals surface area (Å²) in [6.45, 7) is 0.661. The Balaban J connectivity index is 2.35. The normalized spacial score (nSPS) is 17.1. The quantitative estimate of drug-likeness (QED) is 0.856. The molecule has 0 saturated carbocycles. The molecule has 0 unspecified atom stereocenters. The second-order valence-corrected chi connectivity index (χ2v) is 6.55. The number of fused-ring (bicyclic) bond motifs is 1. The molecule has 0 atom stereocenters. The molecule has 0 bridgehead atoms. The average Bonchev–Trinajstić information content (AvgIpc) is 2.37. The topological polar surface area (TPSA) is 46.5 Å². The van der Waals surface area contributed by atoms with Crippen molar-refractivity contribution in [2.24, 2.45) is 0 Å². The highest BCUT2D eigenvalue weighted by molar-refractivity contribution is 8.17. The van der Waals surface area contributed by atoms with E-state index in [1.54, 1.807) is 41.7 Å². The summed E-state index contributed by atoms with van der Waals surface area (Å²) < 4.78 is 5.73. The van der Waals surface area contributed by atoms with E-state index in [2.05, 4.69) is 12.5 Å². The minimum absolute atomic E-state index is 0.00409. The Bertz CT molecular complexity index is 441. The molecular formula is C12H14O3S2. The Morgan fingerprint density at radius 2 is 2.12 bits per heavy atom. The molecule has 1 aliphatic rings. The maximum Gasteiger partial charge on any atom is 0.335 e. The number of hydrogen-bond donors (Lipinski definition) is 1. The zero-order valence-electron chi connectivity index (χ0n) is 9.73. The molecule has 0 aliphatic carbocycles. The minimum Gasteiger partial charge on any atom is -0.491 e. The minimum atomic E-state index is -0.891. The lowest BCUT2D eigenvalue weighted by atomic mass is 10.0. The fraction of sp³-hybridized carbons (Fsp3) is 0.417. The van der Waals surface area contributed by atoms with Crippen molar-refractivity contribution in [3.63, 3.8) is 0 Å². The van der Waals surface area contributed by atoms with Crippen LogP contribution in [0.1, 0.15) is 15.9 Å². The van der Waals surface area contributed by atoms with Gasteiger partial charge in [-0.2, -0.15) is 0 Å². The number of ether oxygens (including phenoxy) is 1. The number of carboxylic acid groups (broad SMARTS) is 1. The van der Waals surface area contributed by atoms with Gasteiger partial charge in [0, 0.05) is 6.42 Å². The van der Waals surface area contributed by atoms with Crippen LogP contribution in [0.4, 0.5) is 0 Å². The molecule has 92 valence electrons. The van der Waals surface area contributed by atoms with Crippen LogP contribution in [0.3, 0.4) is 0 Å². The van der Waals surface area contributed by atoms with Crippen molar-refractivity contribution in [2.75, 3.05) is 19.1 Å². The van der Waals surface area contributed by atoms with Crippen LogP contribution in [-0.2, 0) is 6.42 Å². The van der Waals surface area contributed by atoms with Gasteiger partial charge < -0.3 is 9.84 Å². The zero-order chi connectivity index (χ0) is 12.5. The molecule has 1 aromatic carbocycles. The summed E-state index contributed by atoms with van der Waals surface area (Å²) >= 11 is 3.52. The molecule has 0 amide bonds. The third kappa shape index (κ3) is 2.40. The van der Waals surface area contributed by atoms with E-state index in [0.717, 1.165) is 17.7 Å². The van der Waals surface area contributed by atoms with Gasteiger partial charge in [-0.05, 0) is 36.3 Å². The van der Waals surface area contributed by atoms with Gasteiger partial charge in [0.1, 0.15) is 12.4 Å². The van der Waals surface area contributed by atoms with E-state index in [-0.39, 0.29) is 4.08 Å². The van der Waals surface area contributed by atoms with E-state index < -0.39 is 5.97 Å². The molecule has 2 rings (SSSR count). The highest BCUT2D eigenvalue weighted by Gasteiger charge is 2.34. The molecule has 0 radical (unpaired) electrons. The summed E-state index contributed by atoms with van der Waals surface area (Å²) in [4.78, 5) is 10.9. The standard InChI is InChI=1S/C12H14O3S2/c1-16-12(17-2)6-9-5-8(11(13)14)3-4-10(9)15-7-12/h3-5H,6-7H2,1-2H3,(H,13,14). The molecule has 0 spiro atoms. The van der Waals surface area contributed by atoms with Gasteiger partial charge in [-0.3, -0.25) is 0 Å². The monoisotopic (exact) mass is 270 g/mol. The lowest BCUT2D eigenvalue weighted by Gasteiger charge is -2.35. The fourth-order valence-electron chi connectivity index (χ4n) is 1.87. The van der Waals surface area contributed by atoms with Crippen molar-refractivity contribution in [3.05, 3.63) is 29.3 Å². The van der Waals surface area contributed by atoms with Crippen LogP contribution in [0, 0.1) is 0 Å². The summed E-state index contributed by atoms with van der Waals surface area (Å²) in [5.74, 6) is -0.0778. The zero-order valence-corrected chi connectivity index (χ0v) is 11.4. The van der Waals surface area contributed by atoms with E-state index in [1.807, 2.05) is 0 Å². The molecule has 1 heterocycles. The van der Waals surface area contributed by atoms with Gasteiger partial charge in [-0.1, -0.05) is 0 Å². The van der Waals surface area contributed by atoms with Gasteiger partial charge in [-0.15, -0.1) is 23.5 Å². The van der Waals surface area contributed by atoms with Crippen molar-refractivity contribution >= 4 is 29.5 Å². The SMILES string of the molecule is CSC1(SC)COc2ccc(C(=O)O)cc2C1. The molecule has 1 aromatic rings. The van der Waals surface area contributed by atoms with Gasteiger partial charge in [-0.25, -0.2) is 4.79 Å². The third-order valence-electron chi connectivity index (χ3n) is 2.96. The second-order valence-electron chi connectivity index (χ2n) is 3.91. The van der Waals surface area contributed by atoms with Crippen molar-refractivity contribution < 1.29 is 14.6 Å².